The second-order valence-electron chi connectivity index (χ2n) is 7.96. The maximum absolute atomic E-state index is 13.6. The van der Waals surface area contributed by atoms with Crippen molar-refractivity contribution in [2.24, 2.45) is 5.92 Å². The van der Waals surface area contributed by atoms with E-state index in [1.807, 2.05) is 54.6 Å². The molecular weight excluding hydrogens is 446 g/mol. The van der Waals surface area contributed by atoms with Crippen LogP contribution in [0.25, 0.3) is 10.9 Å². The van der Waals surface area contributed by atoms with Gasteiger partial charge in [0.1, 0.15) is 5.25 Å². The van der Waals surface area contributed by atoms with Crippen LogP contribution in [0.3, 0.4) is 0 Å². The van der Waals surface area contributed by atoms with E-state index >= 15 is 0 Å². The molecule has 2 atom stereocenters. The number of fused-ring (bicyclic) bond motifs is 1. The standard InChI is InChI=1S/C23H21N3O4S2/c27-21(18-13-24-19-9-5-4-8-17(18)19)22(16-6-2-1-3-7-16)31-23-26-25-20(30-23)12-15-10-11-32(28,29)14-15/h1-9,13,15,22,24H,10-12,14H2/t15-,22-/m0/s1. The zero-order valence-electron chi connectivity index (χ0n) is 17.1. The van der Waals surface area contributed by atoms with Gasteiger partial charge in [-0.15, -0.1) is 10.2 Å². The molecule has 1 fully saturated rings. The largest absolute Gasteiger partial charge is 0.416 e. The van der Waals surface area contributed by atoms with Crippen LogP contribution in [0.4, 0.5) is 0 Å². The van der Waals surface area contributed by atoms with E-state index in [1.54, 1.807) is 6.20 Å². The van der Waals surface area contributed by atoms with E-state index in [1.165, 1.54) is 11.8 Å². The van der Waals surface area contributed by atoms with Crippen LogP contribution >= 0.6 is 11.8 Å². The van der Waals surface area contributed by atoms with Gasteiger partial charge in [-0.25, -0.2) is 8.42 Å². The highest BCUT2D eigenvalue weighted by Crippen LogP contribution is 2.38. The van der Waals surface area contributed by atoms with Gasteiger partial charge >= 0.3 is 0 Å². The Bertz CT molecular complexity index is 1360. The highest BCUT2D eigenvalue weighted by atomic mass is 32.2. The van der Waals surface area contributed by atoms with Gasteiger partial charge in [-0.3, -0.25) is 4.79 Å². The molecule has 164 valence electrons. The first kappa shape index (κ1) is 21.0. The lowest BCUT2D eigenvalue weighted by molar-refractivity contribution is 0.0990. The summed E-state index contributed by atoms with van der Waals surface area (Å²) < 4.78 is 29.2. The first-order valence-electron chi connectivity index (χ1n) is 10.3. The summed E-state index contributed by atoms with van der Waals surface area (Å²) in [5.74, 6) is 0.712. The summed E-state index contributed by atoms with van der Waals surface area (Å²) in [4.78, 5) is 16.7. The van der Waals surface area contributed by atoms with Gasteiger partial charge in [-0.05, 0) is 35.7 Å². The van der Waals surface area contributed by atoms with Gasteiger partial charge < -0.3 is 9.40 Å². The van der Waals surface area contributed by atoms with Crippen LogP contribution in [0, 0.1) is 5.92 Å². The average molecular weight is 468 g/mol. The Balaban J connectivity index is 1.40. The second kappa shape index (κ2) is 8.55. The minimum Gasteiger partial charge on any atom is -0.416 e. The first-order valence-corrected chi connectivity index (χ1v) is 13.0. The van der Waals surface area contributed by atoms with Crippen LogP contribution < -0.4 is 0 Å². The number of hydrogen-bond donors (Lipinski definition) is 1. The molecule has 1 aliphatic heterocycles. The van der Waals surface area contributed by atoms with E-state index in [0.29, 0.717) is 29.5 Å². The molecule has 0 bridgehead atoms. The molecule has 2 aromatic heterocycles. The lowest BCUT2D eigenvalue weighted by Crippen LogP contribution is -2.09. The number of thioether (sulfide) groups is 1. The molecule has 9 heteroatoms. The van der Waals surface area contributed by atoms with E-state index in [4.69, 9.17) is 4.42 Å². The number of sulfone groups is 1. The molecule has 0 amide bonds. The molecule has 0 spiro atoms. The molecule has 0 aliphatic carbocycles. The van der Waals surface area contributed by atoms with Gasteiger partial charge in [0.15, 0.2) is 15.6 Å². The van der Waals surface area contributed by atoms with Gasteiger partial charge in [0.2, 0.25) is 5.89 Å². The van der Waals surface area contributed by atoms with Crippen LogP contribution in [0.1, 0.15) is 33.5 Å². The molecular formula is C23H21N3O4S2. The van der Waals surface area contributed by atoms with Crippen molar-refractivity contribution in [2.75, 3.05) is 11.5 Å². The van der Waals surface area contributed by atoms with Crippen molar-refractivity contribution in [3.05, 3.63) is 77.8 Å². The molecule has 1 N–H and O–H groups in total. The van der Waals surface area contributed by atoms with Crippen LogP contribution in [0.15, 0.2) is 70.4 Å². The number of carbonyl (C=O) groups excluding carboxylic acids is 1. The maximum atomic E-state index is 13.6. The lowest BCUT2D eigenvalue weighted by Gasteiger charge is -2.13. The summed E-state index contributed by atoms with van der Waals surface area (Å²) >= 11 is 1.21. The molecule has 1 aliphatic rings. The number of Topliss-reactive ketones (excluding diaryl/α,β-unsaturated/α-hetero) is 1. The van der Waals surface area contributed by atoms with E-state index in [0.717, 1.165) is 16.5 Å². The molecule has 32 heavy (non-hydrogen) atoms. The Morgan fingerprint density at radius 3 is 2.69 bits per heavy atom. The molecule has 4 aromatic rings. The number of carbonyl (C=O) groups is 1. The molecule has 0 unspecified atom stereocenters. The van der Waals surface area contributed by atoms with E-state index in [9.17, 15) is 13.2 Å². The van der Waals surface area contributed by atoms with Crippen molar-refractivity contribution in [3.63, 3.8) is 0 Å². The van der Waals surface area contributed by atoms with Gasteiger partial charge in [0.25, 0.3) is 5.22 Å². The highest BCUT2D eigenvalue weighted by Gasteiger charge is 2.31. The summed E-state index contributed by atoms with van der Waals surface area (Å²) in [5.41, 5.74) is 2.35. The van der Waals surface area contributed by atoms with Crippen molar-refractivity contribution in [1.29, 1.82) is 0 Å². The lowest BCUT2D eigenvalue weighted by atomic mass is 10.0. The van der Waals surface area contributed by atoms with Crippen LogP contribution in [0.2, 0.25) is 0 Å². The summed E-state index contributed by atoms with van der Waals surface area (Å²) in [5, 5.41) is 8.82. The third-order valence-corrected chi connectivity index (χ3v) is 8.58. The quantitative estimate of drug-likeness (QED) is 0.320. The van der Waals surface area contributed by atoms with Crippen molar-refractivity contribution < 1.29 is 17.6 Å². The fraction of sp³-hybridized carbons (Fsp3) is 0.261. The maximum Gasteiger partial charge on any atom is 0.277 e. The molecule has 0 radical (unpaired) electrons. The first-order chi connectivity index (χ1) is 15.5. The topological polar surface area (TPSA) is 106 Å². The fourth-order valence-electron chi connectivity index (χ4n) is 4.07. The zero-order valence-corrected chi connectivity index (χ0v) is 18.7. The van der Waals surface area contributed by atoms with Crippen molar-refractivity contribution in [3.8, 4) is 0 Å². The summed E-state index contributed by atoms with van der Waals surface area (Å²) in [6.45, 7) is 0. The molecule has 7 nitrogen and oxygen atoms in total. The number of aromatic nitrogens is 3. The Morgan fingerprint density at radius 1 is 1.12 bits per heavy atom. The van der Waals surface area contributed by atoms with E-state index in [2.05, 4.69) is 15.2 Å². The number of benzene rings is 2. The second-order valence-corrected chi connectivity index (χ2v) is 11.2. The minimum absolute atomic E-state index is 0.00364. The van der Waals surface area contributed by atoms with Crippen molar-refractivity contribution >= 4 is 38.3 Å². The summed E-state index contributed by atoms with van der Waals surface area (Å²) in [6.07, 6.45) is 2.78. The monoisotopic (exact) mass is 467 g/mol. The molecule has 2 aromatic carbocycles. The third kappa shape index (κ3) is 4.35. The molecule has 5 rings (SSSR count). The predicted octanol–water partition coefficient (Wildman–Crippen LogP) is 4.24. The number of ketones is 1. The van der Waals surface area contributed by atoms with E-state index in [-0.39, 0.29) is 23.2 Å². The smallest absolute Gasteiger partial charge is 0.277 e. The molecule has 3 heterocycles. The number of para-hydroxylation sites is 1. The van der Waals surface area contributed by atoms with Crippen LogP contribution in [0.5, 0.6) is 0 Å². The SMILES string of the molecule is O=C(c1c[nH]c2ccccc12)[C@@H](Sc1nnc(C[C@@H]2CCS(=O)(=O)C2)o1)c1ccccc1. The van der Waals surface area contributed by atoms with Gasteiger partial charge in [0.05, 0.1) is 11.5 Å². The fourth-order valence-corrected chi connectivity index (χ4v) is 6.89. The van der Waals surface area contributed by atoms with Gasteiger partial charge in [-0.2, -0.15) is 0 Å². The predicted molar refractivity (Wildman–Crippen MR) is 122 cm³/mol. The highest BCUT2D eigenvalue weighted by molar-refractivity contribution is 8.00. The third-order valence-electron chi connectivity index (χ3n) is 5.65. The number of aromatic amines is 1. The Morgan fingerprint density at radius 2 is 1.91 bits per heavy atom. The number of rotatable bonds is 7. The average Bonchev–Trinajstić information content (AvgIpc) is 3.51. The normalized spacial score (nSPS) is 18.7. The number of hydrogen-bond acceptors (Lipinski definition) is 7. The van der Waals surface area contributed by atoms with E-state index < -0.39 is 15.1 Å². The molecule has 0 saturated carbocycles. The number of H-pyrrole nitrogens is 1. The Kier molecular flexibility index (Phi) is 5.60. The number of nitrogens with one attached hydrogen (secondary N) is 1. The van der Waals surface area contributed by atoms with Gasteiger partial charge in [-0.1, -0.05) is 48.5 Å². The number of nitrogens with zero attached hydrogens (tertiary/aromatic N) is 2. The van der Waals surface area contributed by atoms with Crippen molar-refractivity contribution in [1.82, 2.24) is 15.2 Å². The van der Waals surface area contributed by atoms with Crippen LogP contribution in [-0.2, 0) is 16.3 Å². The molecule has 1 saturated heterocycles. The Labute approximate surface area is 189 Å². The van der Waals surface area contributed by atoms with Crippen LogP contribution in [-0.4, -0.2) is 40.9 Å². The van der Waals surface area contributed by atoms with Crippen molar-refractivity contribution in [2.45, 2.75) is 23.3 Å². The summed E-state index contributed by atoms with van der Waals surface area (Å²) in [7, 11) is -2.96. The zero-order chi connectivity index (χ0) is 22.1. The van der Waals surface area contributed by atoms with Gasteiger partial charge in [0, 0.05) is 29.1 Å². The minimum atomic E-state index is -2.96. The Hall–Kier alpha value is -2.91. The summed E-state index contributed by atoms with van der Waals surface area (Å²) in [6, 6.07) is 17.2.